The Kier molecular flexibility index (Phi) is 7.19. The average Bonchev–Trinajstić information content (AvgIpc) is 2.27. The molecule has 6 nitrogen and oxygen atoms in total. The van der Waals surface area contributed by atoms with Crippen molar-refractivity contribution in [1.82, 2.24) is 4.90 Å². The minimum atomic E-state index is -1.18. The standard InChI is InChI=1S/C13H21NO5.ClH/c1-9(11(15)16)10(12(17)18)4-5-14-6-7-19-13(2,3)8-14;/h4-8H2,1-3H3,(H,15,16)(H,17,18);1H/b10-9+;. The Balaban J connectivity index is 0.00000361. The second kappa shape index (κ2) is 7.61. The molecule has 1 saturated heterocycles. The Morgan fingerprint density at radius 1 is 1.25 bits per heavy atom. The second-order valence-corrected chi connectivity index (χ2v) is 5.35. The molecule has 0 amide bonds. The highest BCUT2D eigenvalue weighted by atomic mass is 35.5. The van der Waals surface area contributed by atoms with Crippen molar-refractivity contribution in [2.45, 2.75) is 32.8 Å². The Morgan fingerprint density at radius 2 is 1.85 bits per heavy atom. The maximum Gasteiger partial charge on any atom is 0.332 e. The van der Waals surface area contributed by atoms with Crippen molar-refractivity contribution < 1.29 is 24.5 Å². The van der Waals surface area contributed by atoms with Gasteiger partial charge in [-0.25, -0.2) is 9.59 Å². The molecule has 0 atom stereocenters. The van der Waals surface area contributed by atoms with Gasteiger partial charge in [-0.2, -0.15) is 0 Å². The van der Waals surface area contributed by atoms with E-state index in [1.807, 2.05) is 13.8 Å². The third kappa shape index (κ3) is 5.48. The second-order valence-electron chi connectivity index (χ2n) is 5.35. The molecular weight excluding hydrogens is 286 g/mol. The molecular formula is C13H22ClNO5. The van der Waals surface area contributed by atoms with Gasteiger partial charge >= 0.3 is 11.9 Å². The van der Waals surface area contributed by atoms with E-state index in [1.54, 1.807) is 0 Å². The first-order valence-corrected chi connectivity index (χ1v) is 6.25. The van der Waals surface area contributed by atoms with Crippen molar-refractivity contribution in [2.75, 3.05) is 26.2 Å². The first-order chi connectivity index (χ1) is 8.73. The molecule has 0 spiro atoms. The van der Waals surface area contributed by atoms with Crippen LogP contribution in [-0.4, -0.2) is 58.9 Å². The van der Waals surface area contributed by atoms with Crippen LogP contribution >= 0.6 is 12.4 Å². The number of rotatable bonds is 5. The lowest BCUT2D eigenvalue weighted by Gasteiger charge is -2.38. The summed E-state index contributed by atoms with van der Waals surface area (Å²) in [5.41, 5.74) is -0.371. The van der Waals surface area contributed by atoms with E-state index in [0.29, 0.717) is 19.7 Å². The zero-order valence-electron chi connectivity index (χ0n) is 12.0. The zero-order chi connectivity index (χ0) is 14.6. The fourth-order valence-corrected chi connectivity index (χ4v) is 2.16. The van der Waals surface area contributed by atoms with Crippen molar-refractivity contribution in [3.05, 3.63) is 11.1 Å². The Hall–Kier alpha value is -1.11. The number of hydrogen-bond acceptors (Lipinski definition) is 4. The van der Waals surface area contributed by atoms with Crippen LogP contribution in [0.1, 0.15) is 27.2 Å². The van der Waals surface area contributed by atoms with E-state index < -0.39 is 11.9 Å². The van der Waals surface area contributed by atoms with E-state index in [9.17, 15) is 9.59 Å². The summed E-state index contributed by atoms with van der Waals surface area (Å²) >= 11 is 0. The van der Waals surface area contributed by atoms with Crippen molar-refractivity contribution in [1.29, 1.82) is 0 Å². The number of aliphatic carboxylic acids is 2. The van der Waals surface area contributed by atoms with Gasteiger partial charge in [0.15, 0.2) is 0 Å². The molecule has 7 heteroatoms. The van der Waals surface area contributed by atoms with Crippen LogP contribution in [0, 0.1) is 0 Å². The number of carbonyl (C=O) groups is 2. The monoisotopic (exact) mass is 307 g/mol. The largest absolute Gasteiger partial charge is 0.478 e. The minimum Gasteiger partial charge on any atom is -0.478 e. The summed E-state index contributed by atoms with van der Waals surface area (Å²) in [6, 6.07) is 0. The molecule has 1 heterocycles. The number of nitrogens with zero attached hydrogens (tertiary/aromatic N) is 1. The van der Waals surface area contributed by atoms with Crippen LogP contribution in [0.4, 0.5) is 0 Å². The predicted molar refractivity (Wildman–Crippen MR) is 76.3 cm³/mol. The van der Waals surface area contributed by atoms with Gasteiger partial charge in [0.05, 0.1) is 12.2 Å². The van der Waals surface area contributed by atoms with Crippen LogP contribution < -0.4 is 0 Å². The first kappa shape index (κ1) is 18.9. The van der Waals surface area contributed by atoms with Crippen LogP contribution in [-0.2, 0) is 14.3 Å². The number of carboxylic acids is 2. The third-order valence-electron chi connectivity index (χ3n) is 3.21. The molecule has 116 valence electrons. The van der Waals surface area contributed by atoms with Gasteiger partial charge in [-0.15, -0.1) is 12.4 Å². The van der Waals surface area contributed by atoms with Gasteiger partial charge in [-0.05, 0) is 27.2 Å². The van der Waals surface area contributed by atoms with Gasteiger partial charge < -0.3 is 14.9 Å². The predicted octanol–water partition coefficient (Wildman–Crippen LogP) is 1.39. The number of carboxylic acid groups (broad SMARTS) is 2. The van der Waals surface area contributed by atoms with Gasteiger partial charge in [0, 0.05) is 30.8 Å². The highest BCUT2D eigenvalue weighted by Gasteiger charge is 2.27. The summed E-state index contributed by atoms with van der Waals surface area (Å²) in [5, 5.41) is 17.9. The minimum absolute atomic E-state index is 0. The van der Waals surface area contributed by atoms with Crippen molar-refractivity contribution >= 4 is 24.3 Å². The summed E-state index contributed by atoms with van der Waals surface area (Å²) in [7, 11) is 0. The molecule has 0 aliphatic carbocycles. The van der Waals surface area contributed by atoms with Crippen molar-refractivity contribution in [2.24, 2.45) is 0 Å². The summed E-state index contributed by atoms with van der Waals surface area (Å²) in [4.78, 5) is 24.0. The Bertz CT molecular complexity index is 406. The van der Waals surface area contributed by atoms with E-state index >= 15 is 0 Å². The summed E-state index contributed by atoms with van der Waals surface area (Å²) in [6.45, 7) is 7.88. The summed E-state index contributed by atoms with van der Waals surface area (Å²) in [5.74, 6) is -2.34. The van der Waals surface area contributed by atoms with Crippen LogP contribution in [0.3, 0.4) is 0 Å². The molecule has 1 fully saturated rings. The van der Waals surface area contributed by atoms with Gasteiger partial charge in [-0.3, -0.25) is 4.90 Å². The molecule has 1 rings (SSSR count). The van der Waals surface area contributed by atoms with Crippen LogP contribution in [0.5, 0.6) is 0 Å². The highest BCUT2D eigenvalue weighted by Crippen LogP contribution is 2.18. The molecule has 0 radical (unpaired) electrons. The maximum absolute atomic E-state index is 11.1. The summed E-state index contributed by atoms with van der Waals surface area (Å²) < 4.78 is 5.57. The molecule has 1 aliphatic rings. The molecule has 2 N–H and O–H groups in total. The van der Waals surface area contributed by atoms with Crippen LogP contribution in [0.2, 0.25) is 0 Å². The molecule has 0 aromatic carbocycles. The van der Waals surface area contributed by atoms with E-state index in [0.717, 1.165) is 6.54 Å². The molecule has 0 unspecified atom stereocenters. The number of morpholine rings is 1. The molecule has 0 aromatic rings. The van der Waals surface area contributed by atoms with E-state index in [4.69, 9.17) is 14.9 Å². The average molecular weight is 308 g/mol. The molecule has 1 aliphatic heterocycles. The van der Waals surface area contributed by atoms with Crippen LogP contribution in [0.15, 0.2) is 11.1 Å². The van der Waals surface area contributed by atoms with Gasteiger partial charge in [0.1, 0.15) is 0 Å². The molecule has 0 saturated carbocycles. The van der Waals surface area contributed by atoms with Crippen LogP contribution in [0.25, 0.3) is 0 Å². The number of ether oxygens (including phenoxy) is 1. The Morgan fingerprint density at radius 3 is 2.30 bits per heavy atom. The van der Waals surface area contributed by atoms with E-state index in [1.165, 1.54) is 6.92 Å². The SMILES string of the molecule is C/C(C(=O)O)=C(/CCN1CCOC(C)(C)C1)C(=O)O.Cl. The molecule has 0 aromatic heterocycles. The fourth-order valence-electron chi connectivity index (χ4n) is 2.16. The Labute approximate surface area is 124 Å². The topological polar surface area (TPSA) is 87.1 Å². The normalized spacial score (nSPS) is 19.8. The fraction of sp³-hybridized carbons (Fsp3) is 0.692. The van der Waals surface area contributed by atoms with Gasteiger partial charge in [0.25, 0.3) is 0 Å². The van der Waals surface area contributed by atoms with E-state index in [-0.39, 0.29) is 35.6 Å². The lowest BCUT2D eigenvalue weighted by molar-refractivity contribution is -0.136. The van der Waals surface area contributed by atoms with Crippen molar-refractivity contribution in [3.8, 4) is 0 Å². The lowest BCUT2D eigenvalue weighted by atomic mass is 10.0. The third-order valence-corrected chi connectivity index (χ3v) is 3.21. The number of halogens is 1. The van der Waals surface area contributed by atoms with Gasteiger partial charge in [-0.1, -0.05) is 0 Å². The first-order valence-electron chi connectivity index (χ1n) is 6.25. The van der Waals surface area contributed by atoms with Gasteiger partial charge in [0.2, 0.25) is 0 Å². The summed E-state index contributed by atoms with van der Waals surface area (Å²) in [6.07, 6.45) is 0.226. The van der Waals surface area contributed by atoms with E-state index in [2.05, 4.69) is 4.90 Å². The lowest BCUT2D eigenvalue weighted by Crippen LogP contribution is -2.48. The molecule has 0 bridgehead atoms. The maximum atomic E-state index is 11.1. The highest BCUT2D eigenvalue weighted by molar-refractivity contribution is 5.98. The van der Waals surface area contributed by atoms with Crippen molar-refractivity contribution in [3.63, 3.8) is 0 Å². The quantitative estimate of drug-likeness (QED) is 0.747. The number of hydrogen-bond donors (Lipinski definition) is 2. The molecule has 20 heavy (non-hydrogen) atoms. The zero-order valence-corrected chi connectivity index (χ0v) is 12.8. The smallest absolute Gasteiger partial charge is 0.332 e.